The molecule has 1 amide bonds. The van der Waals surface area contributed by atoms with E-state index < -0.39 is 0 Å². The summed E-state index contributed by atoms with van der Waals surface area (Å²) in [6.45, 7) is 5.25. The zero-order valence-electron chi connectivity index (χ0n) is 15.9. The number of methoxy groups -OCH3 is 1. The van der Waals surface area contributed by atoms with Crippen molar-refractivity contribution >= 4 is 17.3 Å². The number of carbonyl (C=O) groups excluding carboxylic acids is 1. The van der Waals surface area contributed by atoms with Crippen LogP contribution in [-0.2, 0) is 16.0 Å². The Bertz CT molecular complexity index is 785. The molecule has 5 nitrogen and oxygen atoms in total. The molecule has 2 aromatic rings. The molecule has 3 rings (SSSR count). The van der Waals surface area contributed by atoms with Crippen LogP contribution < -0.4 is 15.0 Å². The number of hydrogen-bond donors (Lipinski definition) is 1. The number of ether oxygens (including phenoxy) is 2. The van der Waals surface area contributed by atoms with Crippen molar-refractivity contribution in [3.05, 3.63) is 53.8 Å². The van der Waals surface area contributed by atoms with E-state index in [1.807, 2.05) is 30.9 Å². The average molecular weight is 372 g/mol. The second-order valence-corrected chi connectivity index (χ2v) is 6.90. The smallest absolute Gasteiger partial charge is 0.228 e. The fourth-order valence-electron chi connectivity index (χ4n) is 3.35. The Balaban J connectivity index is 1.63. The second kappa shape index (κ2) is 8.39. The summed E-state index contributed by atoms with van der Waals surface area (Å²) in [7, 11) is 1.60. The van der Waals surface area contributed by atoms with Gasteiger partial charge < -0.3 is 19.7 Å². The molecular formula is C21H25FN2O3. The lowest BCUT2D eigenvalue weighted by Crippen LogP contribution is -2.45. The molecule has 1 heterocycles. The van der Waals surface area contributed by atoms with Gasteiger partial charge in [0.25, 0.3) is 0 Å². The maximum absolute atomic E-state index is 14.6. The molecule has 2 unspecified atom stereocenters. The van der Waals surface area contributed by atoms with E-state index in [2.05, 4.69) is 5.32 Å². The number of nitrogens with zero attached hydrogens (tertiary/aromatic N) is 1. The van der Waals surface area contributed by atoms with E-state index in [9.17, 15) is 9.18 Å². The second-order valence-electron chi connectivity index (χ2n) is 6.90. The predicted molar refractivity (Wildman–Crippen MR) is 104 cm³/mol. The number of anilines is 2. The van der Waals surface area contributed by atoms with Gasteiger partial charge in [-0.05, 0) is 49.7 Å². The minimum absolute atomic E-state index is 0.0528. The lowest BCUT2D eigenvalue weighted by Gasteiger charge is -2.37. The molecular weight excluding hydrogens is 347 g/mol. The lowest BCUT2D eigenvalue weighted by molar-refractivity contribution is -0.115. The molecule has 6 heteroatoms. The summed E-state index contributed by atoms with van der Waals surface area (Å²) in [6.07, 6.45) is 0.320. The highest BCUT2D eigenvalue weighted by molar-refractivity contribution is 5.92. The number of amides is 1. The van der Waals surface area contributed by atoms with Crippen molar-refractivity contribution in [1.82, 2.24) is 0 Å². The Hall–Kier alpha value is -2.60. The largest absolute Gasteiger partial charge is 0.497 e. The van der Waals surface area contributed by atoms with Crippen LogP contribution in [0.15, 0.2) is 42.5 Å². The number of hydrogen-bond acceptors (Lipinski definition) is 4. The first-order chi connectivity index (χ1) is 12.9. The first kappa shape index (κ1) is 19.2. The van der Waals surface area contributed by atoms with Crippen LogP contribution in [0, 0.1) is 5.82 Å². The molecule has 1 fully saturated rings. The highest BCUT2D eigenvalue weighted by atomic mass is 19.1. The molecule has 27 heavy (non-hydrogen) atoms. The van der Waals surface area contributed by atoms with Gasteiger partial charge in [-0.25, -0.2) is 4.39 Å². The van der Waals surface area contributed by atoms with Gasteiger partial charge in [0.2, 0.25) is 5.91 Å². The fourth-order valence-corrected chi connectivity index (χ4v) is 3.35. The van der Waals surface area contributed by atoms with Crippen LogP contribution in [-0.4, -0.2) is 38.3 Å². The third kappa shape index (κ3) is 4.98. The van der Waals surface area contributed by atoms with Gasteiger partial charge in [0.1, 0.15) is 11.6 Å². The van der Waals surface area contributed by atoms with Crippen LogP contribution in [0.25, 0.3) is 0 Å². The molecule has 1 aliphatic heterocycles. The molecule has 2 atom stereocenters. The van der Waals surface area contributed by atoms with Gasteiger partial charge in [0, 0.05) is 18.8 Å². The summed E-state index contributed by atoms with van der Waals surface area (Å²) in [5.74, 6) is 0.197. The molecule has 2 aromatic carbocycles. The van der Waals surface area contributed by atoms with Crippen molar-refractivity contribution in [3.8, 4) is 5.75 Å². The zero-order chi connectivity index (χ0) is 19.4. The van der Waals surface area contributed by atoms with E-state index >= 15 is 0 Å². The van der Waals surface area contributed by atoms with Gasteiger partial charge in [-0.15, -0.1) is 0 Å². The Morgan fingerprint density at radius 3 is 2.44 bits per heavy atom. The normalized spacial score (nSPS) is 19.6. The van der Waals surface area contributed by atoms with E-state index in [0.29, 0.717) is 24.5 Å². The number of halogens is 1. The van der Waals surface area contributed by atoms with Crippen molar-refractivity contribution in [2.75, 3.05) is 30.4 Å². The van der Waals surface area contributed by atoms with E-state index in [1.165, 1.54) is 6.07 Å². The van der Waals surface area contributed by atoms with Crippen molar-refractivity contribution in [2.45, 2.75) is 32.5 Å². The van der Waals surface area contributed by atoms with E-state index in [4.69, 9.17) is 9.47 Å². The molecule has 0 saturated carbocycles. The topological polar surface area (TPSA) is 50.8 Å². The first-order valence-corrected chi connectivity index (χ1v) is 9.07. The quantitative estimate of drug-likeness (QED) is 0.871. The Kier molecular flexibility index (Phi) is 5.96. The summed E-state index contributed by atoms with van der Waals surface area (Å²) in [6, 6.07) is 12.1. The average Bonchev–Trinajstić information content (AvgIpc) is 2.61. The molecule has 0 spiro atoms. The number of rotatable bonds is 5. The summed E-state index contributed by atoms with van der Waals surface area (Å²) in [4.78, 5) is 14.2. The van der Waals surface area contributed by atoms with Gasteiger partial charge in [-0.1, -0.05) is 12.1 Å². The third-order valence-corrected chi connectivity index (χ3v) is 4.52. The SMILES string of the molecule is COc1ccc(CC(=O)Nc2ccc(N3CC(C)OC(C)C3)c(F)c2)cc1. The van der Waals surface area contributed by atoms with E-state index in [0.717, 1.165) is 11.3 Å². The molecule has 1 N–H and O–H groups in total. The van der Waals surface area contributed by atoms with E-state index in [1.54, 1.807) is 31.4 Å². The number of nitrogens with one attached hydrogen (secondary N) is 1. The maximum atomic E-state index is 14.6. The van der Waals surface area contributed by atoms with Gasteiger partial charge >= 0.3 is 0 Å². The maximum Gasteiger partial charge on any atom is 0.228 e. The molecule has 0 aliphatic carbocycles. The number of benzene rings is 2. The van der Waals surface area contributed by atoms with Crippen molar-refractivity contribution in [2.24, 2.45) is 0 Å². The van der Waals surface area contributed by atoms with Gasteiger partial charge in [-0.2, -0.15) is 0 Å². The zero-order valence-corrected chi connectivity index (χ0v) is 15.9. The van der Waals surface area contributed by atoms with Gasteiger partial charge in [0.05, 0.1) is 31.4 Å². The Labute approximate surface area is 159 Å². The molecule has 0 radical (unpaired) electrons. The van der Waals surface area contributed by atoms with Crippen molar-refractivity contribution in [1.29, 1.82) is 0 Å². The van der Waals surface area contributed by atoms with Crippen molar-refractivity contribution < 1.29 is 18.7 Å². The Morgan fingerprint density at radius 2 is 1.85 bits per heavy atom. The van der Waals surface area contributed by atoms with Crippen LogP contribution in [0.5, 0.6) is 5.75 Å². The monoisotopic (exact) mass is 372 g/mol. The highest BCUT2D eigenvalue weighted by Gasteiger charge is 2.24. The highest BCUT2D eigenvalue weighted by Crippen LogP contribution is 2.26. The summed E-state index contributed by atoms with van der Waals surface area (Å²) in [5, 5.41) is 2.75. The molecule has 1 saturated heterocycles. The minimum atomic E-state index is -0.349. The first-order valence-electron chi connectivity index (χ1n) is 9.07. The summed E-state index contributed by atoms with van der Waals surface area (Å²) >= 11 is 0. The fraction of sp³-hybridized carbons (Fsp3) is 0.381. The van der Waals surface area contributed by atoms with Crippen LogP contribution in [0.4, 0.5) is 15.8 Å². The minimum Gasteiger partial charge on any atom is -0.497 e. The van der Waals surface area contributed by atoms with Crippen LogP contribution in [0.2, 0.25) is 0 Å². The third-order valence-electron chi connectivity index (χ3n) is 4.52. The molecule has 0 bridgehead atoms. The molecule has 1 aliphatic rings. The predicted octanol–water partition coefficient (Wildman–Crippen LogP) is 3.63. The van der Waals surface area contributed by atoms with Gasteiger partial charge in [0.15, 0.2) is 0 Å². The van der Waals surface area contributed by atoms with Crippen LogP contribution in [0.1, 0.15) is 19.4 Å². The van der Waals surface area contributed by atoms with Crippen LogP contribution in [0.3, 0.4) is 0 Å². The Morgan fingerprint density at radius 1 is 1.19 bits per heavy atom. The van der Waals surface area contributed by atoms with Crippen molar-refractivity contribution in [3.63, 3.8) is 0 Å². The summed E-state index contributed by atoms with van der Waals surface area (Å²) in [5.41, 5.74) is 1.84. The number of carbonyl (C=O) groups is 1. The van der Waals surface area contributed by atoms with E-state index in [-0.39, 0.29) is 30.4 Å². The number of morpholine rings is 1. The lowest BCUT2D eigenvalue weighted by atomic mass is 10.1. The summed E-state index contributed by atoms with van der Waals surface area (Å²) < 4.78 is 25.4. The molecule has 144 valence electrons. The van der Waals surface area contributed by atoms with Crippen LogP contribution >= 0.6 is 0 Å². The van der Waals surface area contributed by atoms with Gasteiger partial charge in [-0.3, -0.25) is 4.79 Å². The molecule has 0 aromatic heterocycles. The standard InChI is InChI=1S/C21H25FN2O3/c1-14-12-24(13-15(2)27-14)20-9-6-17(11-19(20)22)23-21(25)10-16-4-7-18(26-3)8-5-16/h4-9,11,14-15H,10,12-13H2,1-3H3,(H,23,25).